The molecule has 290 valence electrons. The van der Waals surface area contributed by atoms with E-state index >= 15 is 0 Å². The zero-order valence-corrected chi connectivity index (χ0v) is 33.6. The van der Waals surface area contributed by atoms with Crippen LogP contribution in [0.4, 0.5) is 0 Å². The van der Waals surface area contributed by atoms with Gasteiger partial charge >= 0.3 is 0 Å². The maximum absolute atomic E-state index is 4.96. The highest BCUT2D eigenvalue weighted by Crippen LogP contribution is 2.41. The third-order valence-corrected chi connectivity index (χ3v) is 12.0. The summed E-state index contributed by atoms with van der Waals surface area (Å²) >= 11 is 0. The highest BCUT2D eigenvalue weighted by atomic mass is 15.0. The van der Waals surface area contributed by atoms with E-state index < -0.39 is 0 Å². The summed E-state index contributed by atoms with van der Waals surface area (Å²) in [6, 6.07) is 79.4. The normalized spacial score (nSPS) is 11.5. The van der Waals surface area contributed by atoms with Crippen LogP contribution in [0.25, 0.3) is 111 Å². The summed E-state index contributed by atoms with van der Waals surface area (Å²) in [4.78, 5) is 14.8. The summed E-state index contributed by atoms with van der Waals surface area (Å²) in [5.74, 6) is 1.94. The number of fused-ring (bicyclic) bond motifs is 6. The molecule has 0 aliphatic carbocycles. The lowest BCUT2D eigenvalue weighted by Gasteiger charge is -2.12. The fourth-order valence-electron chi connectivity index (χ4n) is 9.11. The van der Waals surface area contributed by atoms with E-state index in [1.54, 1.807) is 0 Å². The van der Waals surface area contributed by atoms with Gasteiger partial charge in [0, 0.05) is 49.6 Å². The molecule has 0 aliphatic rings. The molecule has 0 aliphatic heterocycles. The van der Waals surface area contributed by atoms with Crippen LogP contribution in [0.2, 0.25) is 0 Å². The van der Waals surface area contributed by atoms with Crippen LogP contribution in [0.3, 0.4) is 0 Å². The summed E-state index contributed by atoms with van der Waals surface area (Å²) in [7, 11) is 0. The Morgan fingerprint density at radius 1 is 0.258 bits per heavy atom. The van der Waals surface area contributed by atoms with Crippen molar-refractivity contribution in [1.82, 2.24) is 24.1 Å². The minimum Gasteiger partial charge on any atom is -0.309 e. The first kappa shape index (κ1) is 35.5. The van der Waals surface area contributed by atoms with E-state index in [-0.39, 0.29) is 0 Å². The molecular formula is C57H37N5. The summed E-state index contributed by atoms with van der Waals surface area (Å²) in [5.41, 5.74) is 14.4. The first-order valence-electron chi connectivity index (χ1n) is 20.9. The molecule has 5 nitrogen and oxygen atoms in total. The Bertz CT molecular complexity index is 3550. The van der Waals surface area contributed by atoms with Crippen molar-refractivity contribution in [2.45, 2.75) is 0 Å². The largest absolute Gasteiger partial charge is 0.309 e. The Kier molecular flexibility index (Phi) is 8.42. The molecule has 5 heteroatoms. The van der Waals surface area contributed by atoms with Crippen molar-refractivity contribution in [2.24, 2.45) is 0 Å². The Morgan fingerprint density at radius 3 is 1.39 bits per heavy atom. The first-order valence-corrected chi connectivity index (χ1v) is 20.9. The molecule has 0 bridgehead atoms. The maximum atomic E-state index is 4.96. The van der Waals surface area contributed by atoms with E-state index in [0.717, 1.165) is 44.7 Å². The second kappa shape index (κ2) is 14.7. The molecule has 0 N–H and O–H groups in total. The van der Waals surface area contributed by atoms with Crippen LogP contribution in [0, 0.1) is 0 Å². The molecule has 62 heavy (non-hydrogen) atoms. The van der Waals surface area contributed by atoms with Crippen molar-refractivity contribution in [3.63, 3.8) is 0 Å². The van der Waals surface area contributed by atoms with Crippen LogP contribution in [-0.2, 0) is 0 Å². The summed E-state index contributed by atoms with van der Waals surface area (Å²) in [6.07, 6.45) is 0. The fraction of sp³-hybridized carbons (Fsp3) is 0. The van der Waals surface area contributed by atoms with Crippen LogP contribution in [-0.4, -0.2) is 24.1 Å². The first-order chi connectivity index (χ1) is 30.7. The van der Waals surface area contributed by atoms with Crippen molar-refractivity contribution in [3.05, 3.63) is 224 Å². The lowest BCUT2D eigenvalue weighted by Crippen LogP contribution is -2.00. The molecule has 12 rings (SSSR count). The molecule has 0 fully saturated rings. The van der Waals surface area contributed by atoms with E-state index in [0.29, 0.717) is 17.5 Å². The minimum atomic E-state index is 0.639. The van der Waals surface area contributed by atoms with Gasteiger partial charge in [0.2, 0.25) is 0 Å². The van der Waals surface area contributed by atoms with E-state index in [1.165, 1.54) is 49.2 Å². The number of aromatic nitrogens is 5. The van der Waals surface area contributed by atoms with Gasteiger partial charge in [0.1, 0.15) is 0 Å². The number of rotatable bonds is 7. The molecular weight excluding hydrogens is 755 g/mol. The average Bonchev–Trinajstić information content (AvgIpc) is 3.87. The monoisotopic (exact) mass is 791 g/mol. The van der Waals surface area contributed by atoms with Crippen LogP contribution >= 0.6 is 0 Å². The molecule has 0 amide bonds. The van der Waals surface area contributed by atoms with E-state index in [1.807, 2.05) is 60.7 Å². The van der Waals surface area contributed by atoms with Crippen LogP contribution < -0.4 is 0 Å². The Morgan fingerprint density at radius 2 is 0.710 bits per heavy atom. The molecule has 0 saturated heterocycles. The zero-order chi connectivity index (χ0) is 41.0. The molecule has 0 radical (unpaired) electrons. The lowest BCUT2D eigenvalue weighted by atomic mass is 9.99. The standard InChI is InChI=1S/C57H37N5/c1-4-16-39(17-5-1)55-58-56(40-18-6-2-7-19-40)60-57(59-55)41-32-30-38(31-33-41)42-34-35-48-47-24-10-12-27-50(47)62(53(48)37-42)45-23-14-20-43(36-45)46-26-15-29-52-54(46)49-25-11-13-28-51(49)61(52)44-21-8-3-9-22-44/h1-37H. The Labute approximate surface area is 358 Å². The van der Waals surface area contributed by atoms with Crippen molar-refractivity contribution < 1.29 is 0 Å². The van der Waals surface area contributed by atoms with Gasteiger partial charge in [-0.2, -0.15) is 0 Å². The molecule has 3 heterocycles. The lowest BCUT2D eigenvalue weighted by molar-refractivity contribution is 1.07. The maximum Gasteiger partial charge on any atom is 0.164 e. The van der Waals surface area contributed by atoms with Crippen molar-refractivity contribution in [2.75, 3.05) is 0 Å². The van der Waals surface area contributed by atoms with Gasteiger partial charge in [0.25, 0.3) is 0 Å². The van der Waals surface area contributed by atoms with E-state index in [4.69, 9.17) is 15.0 Å². The second-order valence-electron chi connectivity index (χ2n) is 15.6. The molecule has 12 aromatic rings. The van der Waals surface area contributed by atoms with Crippen LogP contribution in [0.5, 0.6) is 0 Å². The van der Waals surface area contributed by atoms with Gasteiger partial charge in [-0.25, -0.2) is 15.0 Å². The van der Waals surface area contributed by atoms with E-state index in [2.05, 4.69) is 173 Å². The highest BCUT2D eigenvalue weighted by molar-refractivity contribution is 6.16. The quantitative estimate of drug-likeness (QED) is 0.162. The molecule has 0 atom stereocenters. The van der Waals surface area contributed by atoms with Gasteiger partial charge in [-0.3, -0.25) is 0 Å². The smallest absolute Gasteiger partial charge is 0.164 e. The predicted octanol–water partition coefficient (Wildman–Crippen LogP) is 14.4. The Balaban J connectivity index is 0.965. The number of para-hydroxylation sites is 3. The summed E-state index contributed by atoms with van der Waals surface area (Å²) < 4.78 is 4.80. The van der Waals surface area contributed by atoms with Gasteiger partial charge in [0.15, 0.2) is 17.5 Å². The number of benzene rings is 9. The zero-order valence-electron chi connectivity index (χ0n) is 33.6. The van der Waals surface area contributed by atoms with E-state index in [9.17, 15) is 0 Å². The molecule has 0 saturated carbocycles. The third-order valence-electron chi connectivity index (χ3n) is 12.0. The van der Waals surface area contributed by atoms with Gasteiger partial charge in [-0.05, 0) is 70.8 Å². The van der Waals surface area contributed by atoms with Crippen LogP contribution in [0.15, 0.2) is 224 Å². The molecule has 0 unspecified atom stereocenters. The second-order valence-corrected chi connectivity index (χ2v) is 15.6. The summed E-state index contributed by atoms with van der Waals surface area (Å²) in [6.45, 7) is 0. The summed E-state index contributed by atoms with van der Waals surface area (Å²) in [5, 5.41) is 4.93. The van der Waals surface area contributed by atoms with Crippen molar-refractivity contribution in [3.8, 4) is 67.8 Å². The van der Waals surface area contributed by atoms with Gasteiger partial charge in [0.05, 0.1) is 22.1 Å². The number of nitrogens with zero attached hydrogens (tertiary/aromatic N) is 5. The number of hydrogen-bond donors (Lipinski definition) is 0. The van der Waals surface area contributed by atoms with Gasteiger partial charge in [-0.15, -0.1) is 0 Å². The third kappa shape index (κ3) is 5.98. The van der Waals surface area contributed by atoms with Gasteiger partial charge in [-0.1, -0.05) is 176 Å². The highest BCUT2D eigenvalue weighted by Gasteiger charge is 2.19. The fourth-order valence-corrected chi connectivity index (χ4v) is 9.11. The number of hydrogen-bond acceptors (Lipinski definition) is 3. The SMILES string of the molecule is c1ccc(-c2nc(-c3ccccc3)nc(-c3ccc(-c4ccc5c6ccccc6n(-c6cccc(-c7cccc8c7c7ccccc7n8-c7ccccc7)c6)c5c4)cc3)n2)cc1. The molecule has 9 aromatic carbocycles. The van der Waals surface area contributed by atoms with Crippen molar-refractivity contribution >= 4 is 43.6 Å². The predicted molar refractivity (Wildman–Crippen MR) is 256 cm³/mol. The van der Waals surface area contributed by atoms with Crippen LogP contribution in [0.1, 0.15) is 0 Å². The average molecular weight is 792 g/mol. The molecule has 3 aromatic heterocycles. The molecule has 0 spiro atoms. The van der Waals surface area contributed by atoms with Gasteiger partial charge < -0.3 is 9.13 Å². The topological polar surface area (TPSA) is 48.5 Å². The minimum absolute atomic E-state index is 0.639. The van der Waals surface area contributed by atoms with Crippen molar-refractivity contribution in [1.29, 1.82) is 0 Å². The Hall–Kier alpha value is -8.41.